The van der Waals surface area contributed by atoms with Gasteiger partial charge in [-0.2, -0.15) is 0 Å². The normalized spacial score (nSPS) is 13.0. The van der Waals surface area contributed by atoms with E-state index in [-0.39, 0.29) is 17.7 Å². The number of fused-ring (bicyclic) bond motifs is 1. The van der Waals surface area contributed by atoms with Crippen molar-refractivity contribution in [1.29, 1.82) is 0 Å². The lowest BCUT2D eigenvalue weighted by molar-refractivity contribution is -0.110. The lowest BCUT2D eigenvalue weighted by Crippen LogP contribution is -2.29. The summed E-state index contributed by atoms with van der Waals surface area (Å²) in [7, 11) is 0. The first-order chi connectivity index (χ1) is 19.7. The summed E-state index contributed by atoms with van der Waals surface area (Å²) >= 11 is 0. The van der Waals surface area contributed by atoms with Crippen LogP contribution in [0.2, 0.25) is 0 Å². The van der Waals surface area contributed by atoms with E-state index in [1.165, 1.54) is 6.20 Å². The summed E-state index contributed by atoms with van der Waals surface area (Å²) < 4.78 is 0. The number of pyridine rings is 1. The van der Waals surface area contributed by atoms with Crippen LogP contribution >= 0.6 is 0 Å². The van der Waals surface area contributed by atoms with Crippen LogP contribution in [0, 0.1) is 20.8 Å². The molecular formula is C31H31N7O3. The number of carbonyl (C=O) groups is 3. The number of nitrogen functional groups attached to an aromatic ring is 1. The monoisotopic (exact) mass is 549 g/mol. The predicted molar refractivity (Wildman–Crippen MR) is 162 cm³/mol. The average Bonchev–Trinajstić information content (AvgIpc) is 3.42. The fourth-order valence-electron chi connectivity index (χ4n) is 4.87. The average molecular weight is 550 g/mol. The first-order valence-electron chi connectivity index (χ1n) is 13.2. The number of nitrogens with zero attached hydrogens (tertiary/aromatic N) is 1. The van der Waals surface area contributed by atoms with Crippen LogP contribution in [0.4, 0.5) is 22.9 Å². The van der Waals surface area contributed by atoms with Crippen molar-refractivity contribution in [2.75, 3.05) is 34.8 Å². The van der Waals surface area contributed by atoms with Crippen molar-refractivity contribution in [3.8, 4) is 0 Å². The minimum Gasteiger partial charge on any atom is -0.397 e. The molecule has 1 aliphatic heterocycles. The Morgan fingerprint density at radius 2 is 1.78 bits per heavy atom. The van der Waals surface area contributed by atoms with E-state index in [1.807, 2.05) is 39.0 Å². The molecule has 3 heterocycles. The Hall–Kier alpha value is -5.38. The van der Waals surface area contributed by atoms with Crippen molar-refractivity contribution in [2.45, 2.75) is 20.8 Å². The highest BCUT2D eigenvalue weighted by atomic mass is 16.2. The highest BCUT2D eigenvalue weighted by Crippen LogP contribution is 2.36. The van der Waals surface area contributed by atoms with Gasteiger partial charge in [-0.1, -0.05) is 24.3 Å². The third-order valence-corrected chi connectivity index (χ3v) is 6.98. The van der Waals surface area contributed by atoms with E-state index in [1.54, 1.807) is 42.5 Å². The Bertz CT molecular complexity index is 1690. The smallest absolute Gasteiger partial charge is 0.257 e. The van der Waals surface area contributed by atoms with Gasteiger partial charge >= 0.3 is 0 Å². The molecule has 0 bridgehead atoms. The number of aryl methyl sites for hydroxylation is 2. The summed E-state index contributed by atoms with van der Waals surface area (Å²) in [5, 5.41) is 11.7. The van der Waals surface area contributed by atoms with E-state index in [0.717, 1.165) is 33.8 Å². The first-order valence-corrected chi connectivity index (χ1v) is 13.2. The Balaban J connectivity index is 1.17. The summed E-state index contributed by atoms with van der Waals surface area (Å²) in [5.74, 6) is -0.116. The van der Waals surface area contributed by atoms with Crippen LogP contribution in [0.25, 0.3) is 11.6 Å². The number of H-pyrrole nitrogens is 1. The van der Waals surface area contributed by atoms with Crippen molar-refractivity contribution < 1.29 is 14.4 Å². The number of para-hydroxylation sites is 2. The predicted octanol–water partition coefficient (Wildman–Crippen LogP) is 4.50. The molecule has 3 amide bonds. The maximum absolute atomic E-state index is 13.0. The van der Waals surface area contributed by atoms with Crippen LogP contribution in [-0.2, 0) is 4.79 Å². The van der Waals surface area contributed by atoms with Gasteiger partial charge in [0.05, 0.1) is 28.1 Å². The number of nitrogens with two attached hydrogens (primary N) is 1. The number of hydrogen-bond donors (Lipinski definition) is 6. The number of nitrogens with one attached hydrogen (secondary N) is 5. The molecular weight excluding hydrogens is 518 g/mol. The number of hydrogen-bond acceptors (Lipinski definition) is 6. The van der Waals surface area contributed by atoms with Crippen molar-refractivity contribution in [3.63, 3.8) is 0 Å². The van der Waals surface area contributed by atoms with Crippen LogP contribution in [0.5, 0.6) is 0 Å². The largest absolute Gasteiger partial charge is 0.397 e. The number of anilines is 4. The molecule has 1 aliphatic rings. The molecule has 0 spiro atoms. The Morgan fingerprint density at radius 1 is 0.976 bits per heavy atom. The molecule has 5 rings (SSSR count). The van der Waals surface area contributed by atoms with E-state index >= 15 is 0 Å². The summed E-state index contributed by atoms with van der Waals surface area (Å²) in [5.41, 5.74) is 13.3. The molecule has 2 aromatic heterocycles. The molecule has 0 aliphatic carbocycles. The van der Waals surface area contributed by atoms with Gasteiger partial charge < -0.3 is 32.0 Å². The fourth-order valence-corrected chi connectivity index (χ4v) is 4.87. The standard InChI is InChI=1S/C31H31N7O3/c1-17-7-6-10-24-27(17)21(30(40)38-24)15-25-18(2)28(19(3)36-25)31(41)34-14-13-33-26-12-11-20(16-35-26)29(39)37-23-9-5-4-8-22(23)32/h4-12,15-16,36H,13-14,32H2,1-3H3,(H,33,35)(H,34,41)(H,37,39)(H,38,40). The van der Waals surface area contributed by atoms with Crippen molar-refractivity contribution >= 4 is 52.3 Å². The van der Waals surface area contributed by atoms with Crippen molar-refractivity contribution in [3.05, 3.63) is 100.0 Å². The Labute approximate surface area is 237 Å². The third-order valence-electron chi connectivity index (χ3n) is 6.98. The number of rotatable bonds is 8. The van der Waals surface area contributed by atoms with E-state index < -0.39 is 0 Å². The SMILES string of the molecule is Cc1cccc2c1C(=Cc1[nH]c(C)c(C(=O)NCCNc3ccc(C(=O)Nc4ccccc4N)cn3)c1C)C(=O)N2. The molecule has 10 nitrogen and oxygen atoms in total. The van der Waals surface area contributed by atoms with E-state index in [0.29, 0.717) is 47.0 Å². The van der Waals surface area contributed by atoms with E-state index in [9.17, 15) is 14.4 Å². The maximum atomic E-state index is 13.0. The van der Waals surface area contributed by atoms with Crippen molar-refractivity contribution in [1.82, 2.24) is 15.3 Å². The molecule has 0 fully saturated rings. The molecule has 2 aromatic carbocycles. The second kappa shape index (κ2) is 11.4. The molecule has 208 valence electrons. The molecule has 7 N–H and O–H groups in total. The summed E-state index contributed by atoms with van der Waals surface area (Å²) in [6, 6.07) is 16.1. The fraction of sp³-hybridized carbons (Fsp3) is 0.161. The van der Waals surface area contributed by atoms with Crippen LogP contribution in [-0.4, -0.2) is 40.8 Å². The van der Waals surface area contributed by atoms with Gasteiger partial charge in [0.1, 0.15) is 5.82 Å². The quantitative estimate of drug-likeness (QED) is 0.108. The molecule has 0 atom stereocenters. The Kier molecular flexibility index (Phi) is 7.55. The number of amides is 3. The molecule has 4 aromatic rings. The highest BCUT2D eigenvalue weighted by molar-refractivity contribution is 6.35. The van der Waals surface area contributed by atoms with Crippen molar-refractivity contribution in [2.24, 2.45) is 0 Å². The maximum Gasteiger partial charge on any atom is 0.257 e. The molecule has 41 heavy (non-hydrogen) atoms. The lowest BCUT2D eigenvalue weighted by Gasteiger charge is -2.10. The van der Waals surface area contributed by atoms with Gasteiger partial charge in [0.2, 0.25) is 0 Å². The summed E-state index contributed by atoms with van der Waals surface area (Å²) in [4.78, 5) is 45.7. The second-order valence-corrected chi connectivity index (χ2v) is 9.83. The number of aromatic amines is 1. The number of aromatic nitrogens is 2. The van der Waals surface area contributed by atoms with Gasteiger partial charge in [-0.25, -0.2) is 4.98 Å². The molecule has 0 saturated heterocycles. The molecule has 0 radical (unpaired) electrons. The van der Waals surface area contributed by atoms with Gasteiger partial charge in [0, 0.05) is 41.9 Å². The van der Waals surface area contributed by atoms with E-state index in [2.05, 4.69) is 31.2 Å². The second-order valence-electron chi connectivity index (χ2n) is 9.83. The first kappa shape index (κ1) is 27.2. The zero-order valence-electron chi connectivity index (χ0n) is 23.0. The van der Waals surface area contributed by atoms with Crippen LogP contribution in [0.1, 0.15) is 48.8 Å². The summed E-state index contributed by atoms with van der Waals surface area (Å²) in [6.07, 6.45) is 3.28. The lowest BCUT2D eigenvalue weighted by atomic mass is 9.99. The van der Waals surface area contributed by atoms with Crippen LogP contribution in [0.15, 0.2) is 60.8 Å². The van der Waals surface area contributed by atoms with Crippen LogP contribution in [0.3, 0.4) is 0 Å². The third kappa shape index (κ3) is 5.67. The zero-order chi connectivity index (χ0) is 29.1. The van der Waals surface area contributed by atoms with Gasteiger partial charge in [-0.15, -0.1) is 0 Å². The minimum absolute atomic E-state index is 0.166. The van der Waals surface area contributed by atoms with Gasteiger partial charge in [-0.3, -0.25) is 14.4 Å². The highest BCUT2D eigenvalue weighted by Gasteiger charge is 2.26. The number of carbonyl (C=O) groups excluding carboxylic acids is 3. The molecule has 0 saturated carbocycles. The zero-order valence-corrected chi connectivity index (χ0v) is 23.0. The number of benzene rings is 2. The molecule has 10 heteroatoms. The minimum atomic E-state index is -0.311. The molecule has 0 unspecified atom stereocenters. The summed E-state index contributed by atoms with van der Waals surface area (Å²) in [6.45, 7) is 6.45. The van der Waals surface area contributed by atoms with E-state index in [4.69, 9.17) is 5.73 Å². The van der Waals surface area contributed by atoms with Gasteiger partial charge in [-0.05, 0) is 68.3 Å². The van der Waals surface area contributed by atoms with Gasteiger partial charge in [0.25, 0.3) is 17.7 Å². The Morgan fingerprint density at radius 3 is 2.54 bits per heavy atom. The topological polar surface area (TPSA) is 154 Å². The van der Waals surface area contributed by atoms with Gasteiger partial charge in [0.15, 0.2) is 0 Å². The van der Waals surface area contributed by atoms with Crippen LogP contribution < -0.4 is 27.0 Å².